The molecule has 1 aliphatic heterocycles. The summed E-state index contributed by atoms with van der Waals surface area (Å²) < 4.78 is 41.2. The van der Waals surface area contributed by atoms with Crippen LogP contribution in [0.2, 0.25) is 0 Å². The number of hydrogen-bond acceptors (Lipinski definition) is 7. The number of amides is 1. The monoisotopic (exact) mass is 398 g/mol. The summed E-state index contributed by atoms with van der Waals surface area (Å²) in [7, 11) is -3.71. The van der Waals surface area contributed by atoms with Gasteiger partial charge in [0.1, 0.15) is 21.5 Å². The maximum atomic E-state index is 13.1. The summed E-state index contributed by atoms with van der Waals surface area (Å²) in [6.07, 6.45) is 0.131. The molecule has 1 aromatic carbocycles. The lowest BCUT2D eigenvalue weighted by molar-refractivity contribution is 0.0260. The van der Waals surface area contributed by atoms with E-state index < -0.39 is 21.7 Å². The van der Waals surface area contributed by atoms with Crippen molar-refractivity contribution < 1.29 is 17.9 Å². The highest BCUT2D eigenvalue weighted by molar-refractivity contribution is 7.89. The van der Waals surface area contributed by atoms with Crippen LogP contribution < -0.4 is 0 Å². The zero-order valence-corrected chi connectivity index (χ0v) is 16.6. The summed E-state index contributed by atoms with van der Waals surface area (Å²) in [6.45, 7) is 6.74. The maximum absolute atomic E-state index is 13.1. The molecule has 1 amide bonds. The van der Waals surface area contributed by atoms with E-state index in [-0.39, 0.29) is 11.4 Å². The Hall–Kier alpha value is -1.78. The molecule has 3 rings (SSSR count). The standard InChI is InChI=1S/C16H22N4O4S2/c1-16(2,3)24-15(21)19-8-5-9-20(11-10-19)26(22,23)13-7-4-6-12-14(13)18-25-17-12/h4,6-7H,5,8-11H2,1-3H3. The van der Waals surface area contributed by atoms with Crippen LogP contribution in [0.15, 0.2) is 23.1 Å². The van der Waals surface area contributed by atoms with E-state index in [2.05, 4.69) is 8.75 Å². The number of fused-ring (bicyclic) bond motifs is 1. The lowest BCUT2D eigenvalue weighted by atomic mass is 10.2. The van der Waals surface area contributed by atoms with Crippen molar-refractivity contribution in [3.05, 3.63) is 18.2 Å². The number of rotatable bonds is 2. The van der Waals surface area contributed by atoms with Crippen molar-refractivity contribution in [1.82, 2.24) is 18.0 Å². The molecule has 10 heteroatoms. The van der Waals surface area contributed by atoms with Crippen LogP contribution in [0, 0.1) is 0 Å². The second kappa shape index (κ2) is 7.09. The van der Waals surface area contributed by atoms with Gasteiger partial charge < -0.3 is 9.64 Å². The van der Waals surface area contributed by atoms with E-state index >= 15 is 0 Å². The molecule has 0 aliphatic carbocycles. The quantitative estimate of drug-likeness (QED) is 0.771. The highest BCUT2D eigenvalue weighted by atomic mass is 32.2. The highest BCUT2D eigenvalue weighted by Crippen LogP contribution is 2.25. The van der Waals surface area contributed by atoms with E-state index in [0.717, 1.165) is 11.7 Å². The third kappa shape index (κ3) is 3.97. The number of sulfonamides is 1. The van der Waals surface area contributed by atoms with Gasteiger partial charge in [0, 0.05) is 26.2 Å². The van der Waals surface area contributed by atoms with Gasteiger partial charge in [-0.1, -0.05) is 6.07 Å². The number of benzene rings is 1. The third-order valence-corrected chi connectivity index (χ3v) is 6.45. The second-order valence-electron chi connectivity index (χ2n) is 7.11. The highest BCUT2D eigenvalue weighted by Gasteiger charge is 2.31. The van der Waals surface area contributed by atoms with Crippen molar-refractivity contribution >= 4 is 38.9 Å². The largest absolute Gasteiger partial charge is 0.444 e. The Kier molecular flexibility index (Phi) is 5.18. The normalized spacial score (nSPS) is 17.3. The first-order valence-electron chi connectivity index (χ1n) is 8.38. The average molecular weight is 399 g/mol. The summed E-state index contributed by atoms with van der Waals surface area (Å²) in [5, 5.41) is 0. The second-order valence-corrected chi connectivity index (χ2v) is 9.55. The molecule has 0 unspecified atom stereocenters. The molecule has 0 atom stereocenters. The van der Waals surface area contributed by atoms with Crippen LogP contribution in [0.3, 0.4) is 0 Å². The molecule has 0 N–H and O–H groups in total. The Morgan fingerprint density at radius 1 is 1.15 bits per heavy atom. The molecule has 0 saturated carbocycles. The molecular formula is C16H22N4O4S2. The molecule has 2 aromatic rings. The minimum Gasteiger partial charge on any atom is -0.444 e. The maximum Gasteiger partial charge on any atom is 0.410 e. The smallest absolute Gasteiger partial charge is 0.410 e. The van der Waals surface area contributed by atoms with Gasteiger partial charge in [-0.2, -0.15) is 13.1 Å². The van der Waals surface area contributed by atoms with E-state index in [9.17, 15) is 13.2 Å². The minimum absolute atomic E-state index is 0.162. The van der Waals surface area contributed by atoms with E-state index in [1.54, 1.807) is 23.1 Å². The first-order valence-corrected chi connectivity index (χ1v) is 10.5. The lowest BCUT2D eigenvalue weighted by Crippen LogP contribution is -2.40. The number of carbonyl (C=O) groups is 1. The van der Waals surface area contributed by atoms with Gasteiger partial charge in [-0.25, -0.2) is 13.2 Å². The van der Waals surface area contributed by atoms with Crippen LogP contribution in [0.4, 0.5) is 4.79 Å². The lowest BCUT2D eigenvalue weighted by Gasteiger charge is -2.26. The molecule has 1 fully saturated rings. The van der Waals surface area contributed by atoms with Gasteiger partial charge in [0.25, 0.3) is 0 Å². The van der Waals surface area contributed by atoms with Crippen LogP contribution >= 0.6 is 11.7 Å². The van der Waals surface area contributed by atoms with Crippen molar-refractivity contribution in [1.29, 1.82) is 0 Å². The van der Waals surface area contributed by atoms with Crippen LogP contribution in [0.5, 0.6) is 0 Å². The molecule has 1 aliphatic rings. The minimum atomic E-state index is -3.71. The van der Waals surface area contributed by atoms with Crippen molar-refractivity contribution in [2.45, 2.75) is 37.7 Å². The van der Waals surface area contributed by atoms with Crippen molar-refractivity contribution in [2.75, 3.05) is 26.2 Å². The predicted octanol–water partition coefficient (Wildman–Crippen LogP) is 2.32. The topological polar surface area (TPSA) is 92.7 Å². The first-order chi connectivity index (χ1) is 12.2. The fourth-order valence-electron chi connectivity index (χ4n) is 2.77. The van der Waals surface area contributed by atoms with Gasteiger partial charge in [0.2, 0.25) is 10.0 Å². The van der Waals surface area contributed by atoms with Gasteiger partial charge in [-0.15, -0.1) is 0 Å². The van der Waals surface area contributed by atoms with Gasteiger partial charge in [-0.3, -0.25) is 0 Å². The summed E-state index contributed by atoms with van der Waals surface area (Å²) in [4.78, 5) is 14.0. The molecular weight excluding hydrogens is 376 g/mol. The van der Waals surface area contributed by atoms with Crippen LogP contribution in [0.25, 0.3) is 11.0 Å². The van der Waals surface area contributed by atoms with E-state index in [4.69, 9.17) is 4.74 Å². The number of ether oxygens (including phenoxy) is 1. The van der Waals surface area contributed by atoms with Gasteiger partial charge in [-0.05, 0) is 39.3 Å². The summed E-state index contributed by atoms with van der Waals surface area (Å²) in [5.41, 5.74) is 0.384. The molecule has 0 radical (unpaired) electrons. The van der Waals surface area contributed by atoms with E-state index in [0.29, 0.717) is 37.1 Å². The Bertz CT molecular complexity index is 904. The van der Waals surface area contributed by atoms with Crippen LogP contribution in [0.1, 0.15) is 27.2 Å². The molecule has 0 bridgehead atoms. The SMILES string of the molecule is CC(C)(C)OC(=O)N1CCCN(S(=O)(=O)c2cccc3nsnc23)CC1. The zero-order chi connectivity index (χ0) is 18.9. The fraction of sp³-hybridized carbons (Fsp3) is 0.562. The zero-order valence-electron chi connectivity index (χ0n) is 15.0. The van der Waals surface area contributed by atoms with Crippen molar-refractivity contribution in [3.8, 4) is 0 Å². The van der Waals surface area contributed by atoms with Crippen LogP contribution in [-0.4, -0.2) is 64.2 Å². The molecule has 1 aromatic heterocycles. The fourth-order valence-corrected chi connectivity index (χ4v) is 4.99. The van der Waals surface area contributed by atoms with Crippen molar-refractivity contribution in [2.24, 2.45) is 0 Å². The molecule has 2 heterocycles. The van der Waals surface area contributed by atoms with E-state index in [1.165, 1.54) is 4.31 Å². The average Bonchev–Trinajstić information content (AvgIpc) is 2.87. The molecule has 0 spiro atoms. The Balaban J connectivity index is 1.78. The number of nitrogens with zero attached hydrogens (tertiary/aromatic N) is 4. The summed E-state index contributed by atoms with van der Waals surface area (Å²) in [5.74, 6) is 0. The van der Waals surface area contributed by atoms with Crippen LogP contribution in [-0.2, 0) is 14.8 Å². The Morgan fingerprint density at radius 3 is 2.65 bits per heavy atom. The van der Waals surface area contributed by atoms with Crippen molar-refractivity contribution in [3.63, 3.8) is 0 Å². The third-order valence-electron chi connectivity index (χ3n) is 3.97. The van der Waals surface area contributed by atoms with Gasteiger partial charge >= 0.3 is 6.09 Å². The molecule has 26 heavy (non-hydrogen) atoms. The summed E-state index contributed by atoms with van der Waals surface area (Å²) >= 11 is 0.991. The molecule has 8 nitrogen and oxygen atoms in total. The Labute approximate surface area is 157 Å². The number of aromatic nitrogens is 2. The number of carbonyl (C=O) groups excluding carboxylic acids is 1. The first kappa shape index (κ1) is 19.0. The van der Waals surface area contributed by atoms with Gasteiger partial charge in [0.15, 0.2) is 0 Å². The van der Waals surface area contributed by atoms with Gasteiger partial charge in [0.05, 0.1) is 11.7 Å². The Morgan fingerprint density at radius 2 is 1.92 bits per heavy atom. The summed E-state index contributed by atoms with van der Waals surface area (Å²) in [6, 6.07) is 4.96. The predicted molar refractivity (Wildman–Crippen MR) is 98.6 cm³/mol. The van der Waals surface area contributed by atoms with E-state index in [1.807, 2.05) is 20.8 Å². The number of hydrogen-bond donors (Lipinski definition) is 0. The molecule has 142 valence electrons. The molecule has 1 saturated heterocycles.